The molecule has 1 N–H and O–H groups in total. The average molecular weight is 384 g/mol. The lowest BCUT2D eigenvalue weighted by Crippen LogP contribution is -2.43. The number of carbonyl (C=O) groups excluding carboxylic acids is 1. The summed E-state index contributed by atoms with van der Waals surface area (Å²) in [6.45, 7) is 0.745. The Bertz CT molecular complexity index is 620. The van der Waals surface area contributed by atoms with Gasteiger partial charge in [0.05, 0.1) is 6.04 Å². The normalized spacial score (nSPS) is 18.5. The zero-order chi connectivity index (χ0) is 14.7. The zero-order valence-corrected chi connectivity index (χ0v) is 14.4. The van der Waals surface area contributed by atoms with Gasteiger partial charge in [0.15, 0.2) is 0 Å². The Kier molecular flexibility index (Phi) is 4.82. The highest BCUT2D eigenvalue weighted by Gasteiger charge is 2.30. The lowest BCUT2D eigenvalue weighted by Gasteiger charge is -2.34. The summed E-state index contributed by atoms with van der Waals surface area (Å²) in [5.74, 6) is 1.87. The third kappa shape index (κ3) is 3.59. The van der Waals surface area contributed by atoms with Gasteiger partial charge in [0.25, 0.3) is 0 Å². The molecule has 0 bridgehead atoms. The van der Waals surface area contributed by atoms with Crippen molar-refractivity contribution in [3.63, 3.8) is 0 Å². The number of benzene rings is 1. The van der Waals surface area contributed by atoms with Crippen LogP contribution in [0.3, 0.4) is 0 Å². The first kappa shape index (κ1) is 14.9. The molecule has 1 atom stereocenters. The quantitative estimate of drug-likeness (QED) is 0.843. The number of thioether (sulfide) groups is 1. The number of nitrogens with one attached hydrogen (secondary N) is 1. The van der Waals surface area contributed by atoms with Gasteiger partial charge in [0.1, 0.15) is 5.01 Å². The van der Waals surface area contributed by atoms with Crippen molar-refractivity contribution in [3.8, 4) is 0 Å². The van der Waals surface area contributed by atoms with Crippen LogP contribution in [0.5, 0.6) is 0 Å². The lowest BCUT2D eigenvalue weighted by molar-refractivity contribution is 0.196. The molecule has 0 spiro atoms. The summed E-state index contributed by atoms with van der Waals surface area (Å²) < 4.78 is 0.950. The monoisotopic (exact) mass is 383 g/mol. The Morgan fingerprint density at radius 1 is 1.48 bits per heavy atom. The van der Waals surface area contributed by atoms with E-state index < -0.39 is 0 Å². The molecule has 1 aromatic carbocycles. The fourth-order valence-electron chi connectivity index (χ4n) is 2.21. The minimum atomic E-state index is -0.0615. The largest absolute Gasteiger partial charge is 0.322 e. The van der Waals surface area contributed by atoms with Gasteiger partial charge in [0.2, 0.25) is 0 Å². The SMILES string of the molecule is O=C(Nc1cccc(Br)c1)N1CCSC[C@H]1c1nccs1. The average Bonchev–Trinajstić information content (AvgIpc) is 3.01. The zero-order valence-electron chi connectivity index (χ0n) is 11.2. The maximum absolute atomic E-state index is 12.6. The molecule has 7 heteroatoms. The molecule has 2 heterocycles. The van der Waals surface area contributed by atoms with Crippen LogP contribution >= 0.6 is 39.0 Å². The first-order chi connectivity index (χ1) is 10.2. The first-order valence-corrected chi connectivity index (χ1v) is 9.37. The molecule has 0 aliphatic carbocycles. The maximum atomic E-state index is 12.6. The predicted molar refractivity (Wildman–Crippen MR) is 92.0 cm³/mol. The summed E-state index contributed by atoms with van der Waals surface area (Å²) in [6, 6.07) is 7.63. The van der Waals surface area contributed by atoms with Gasteiger partial charge < -0.3 is 10.2 Å². The first-order valence-electron chi connectivity index (χ1n) is 6.54. The van der Waals surface area contributed by atoms with E-state index in [1.807, 2.05) is 46.3 Å². The maximum Gasteiger partial charge on any atom is 0.322 e. The van der Waals surface area contributed by atoms with Crippen LogP contribution in [0, 0.1) is 0 Å². The number of anilines is 1. The van der Waals surface area contributed by atoms with Crippen LogP contribution in [-0.2, 0) is 0 Å². The number of hydrogen-bond acceptors (Lipinski definition) is 4. The fraction of sp³-hybridized carbons (Fsp3) is 0.286. The topological polar surface area (TPSA) is 45.2 Å². The summed E-state index contributed by atoms with van der Waals surface area (Å²) in [4.78, 5) is 18.8. The third-order valence-corrected chi connectivity index (χ3v) is 5.59. The molecule has 1 aromatic heterocycles. The van der Waals surface area contributed by atoms with Crippen LogP contribution in [0.15, 0.2) is 40.3 Å². The number of nitrogens with zero attached hydrogens (tertiary/aromatic N) is 2. The number of carbonyl (C=O) groups is 1. The van der Waals surface area contributed by atoms with Gasteiger partial charge in [-0.2, -0.15) is 11.8 Å². The molecular formula is C14H14BrN3OS2. The highest BCUT2D eigenvalue weighted by atomic mass is 79.9. The molecular weight excluding hydrogens is 370 g/mol. The van der Waals surface area contributed by atoms with E-state index in [2.05, 4.69) is 26.2 Å². The standard InChI is InChI=1S/C14H14BrN3OS2/c15-10-2-1-3-11(8-10)17-14(19)18-5-7-20-9-12(18)13-16-4-6-21-13/h1-4,6,8,12H,5,7,9H2,(H,17,19)/t12-/m0/s1. The Morgan fingerprint density at radius 2 is 2.38 bits per heavy atom. The van der Waals surface area contributed by atoms with Crippen molar-refractivity contribution in [2.45, 2.75) is 6.04 Å². The number of aromatic nitrogens is 1. The summed E-state index contributed by atoms with van der Waals surface area (Å²) in [7, 11) is 0. The summed E-state index contributed by atoms with van der Waals surface area (Å²) in [5, 5.41) is 5.93. The van der Waals surface area contributed by atoms with Crippen LogP contribution in [0.25, 0.3) is 0 Å². The molecule has 0 unspecified atom stereocenters. The van der Waals surface area contributed by atoms with Crippen molar-refractivity contribution in [2.24, 2.45) is 0 Å². The fourth-order valence-corrected chi connectivity index (χ4v) is 4.52. The van der Waals surface area contributed by atoms with Crippen LogP contribution in [0.4, 0.5) is 10.5 Å². The van der Waals surface area contributed by atoms with Crippen molar-refractivity contribution in [3.05, 3.63) is 45.3 Å². The molecule has 21 heavy (non-hydrogen) atoms. The Labute approximate surface area is 140 Å². The van der Waals surface area contributed by atoms with Gasteiger partial charge in [-0.15, -0.1) is 11.3 Å². The molecule has 0 saturated carbocycles. The lowest BCUT2D eigenvalue weighted by atomic mass is 10.3. The number of halogens is 1. The molecule has 1 fully saturated rings. The van der Waals surface area contributed by atoms with Crippen molar-refractivity contribution in [1.82, 2.24) is 9.88 Å². The van der Waals surface area contributed by atoms with Crippen molar-refractivity contribution < 1.29 is 4.79 Å². The Morgan fingerprint density at radius 3 is 3.14 bits per heavy atom. The predicted octanol–water partition coefficient (Wildman–Crippen LogP) is 4.23. The van der Waals surface area contributed by atoms with Crippen LogP contribution < -0.4 is 5.32 Å². The van der Waals surface area contributed by atoms with E-state index in [0.717, 1.165) is 33.2 Å². The Hall–Kier alpha value is -1.05. The highest BCUT2D eigenvalue weighted by molar-refractivity contribution is 9.10. The molecule has 1 aliphatic heterocycles. The van der Waals surface area contributed by atoms with E-state index in [4.69, 9.17) is 0 Å². The molecule has 0 radical (unpaired) electrons. The Balaban J connectivity index is 1.75. The van der Waals surface area contributed by atoms with Gasteiger partial charge in [-0.25, -0.2) is 9.78 Å². The smallest absolute Gasteiger partial charge is 0.313 e. The summed E-state index contributed by atoms with van der Waals surface area (Å²) in [6.07, 6.45) is 1.80. The second kappa shape index (κ2) is 6.81. The number of hydrogen-bond donors (Lipinski definition) is 1. The van der Waals surface area contributed by atoms with E-state index in [1.165, 1.54) is 0 Å². The molecule has 3 rings (SSSR count). The van der Waals surface area contributed by atoms with E-state index in [1.54, 1.807) is 17.5 Å². The van der Waals surface area contributed by atoms with Gasteiger partial charge in [-0.3, -0.25) is 0 Å². The summed E-state index contributed by atoms with van der Waals surface area (Å²) in [5.41, 5.74) is 0.797. The van der Waals surface area contributed by atoms with E-state index in [0.29, 0.717) is 0 Å². The number of amides is 2. The molecule has 1 saturated heterocycles. The summed E-state index contributed by atoms with van der Waals surface area (Å²) >= 11 is 6.89. The van der Waals surface area contributed by atoms with Gasteiger partial charge in [0, 0.05) is 39.8 Å². The van der Waals surface area contributed by atoms with Crippen molar-refractivity contribution in [2.75, 3.05) is 23.4 Å². The van der Waals surface area contributed by atoms with Gasteiger partial charge in [-0.05, 0) is 18.2 Å². The van der Waals surface area contributed by atoms with Crippen LogP contribution in [0.2, 0.25) is 0 Å². The van der Waals surface area contributed by atoms with Crippen LogP contribution in [-0.4, -0.2) is 34.0 Å². The molecule has 1 aliphatic rings. The third-order valence-electron chi connectivity index (χ3n) is 3.20. The molecule has 110 valence electrons. The second-order valence-corrected chi connectivity index (χ2v) is 7.59. The number of rotatable bonds is 2. The second-order valence-electron chi connectivity index (χ2n) is 4.59. The van der Waals surface area contributed by atoms with Crippen LogP contribution in [0.1, 0.15) is 11.0 Å². The van der Waals surface area contributed by atoms with Gasteiger partial charge >= 0.3 is 6.03 Å². The number of thiazole rings is 1. The van der Waals surface area contributed by atoms with Gasteiger partial charge in [-0.1, -0.05) is 22.0 Å². The minimum absolute atomic E-state index is 0.0615. The van der Waals surface area contributed by atoms with Crippen molar-refractivity contribution in [1.29, 1.82) is 0 Å². The number of urea groups is 1. The molecule has 2 amide bonds. The molecule has 2 aromatic rings. The van der Waals surface area contributed by atoms with E-state index in [9.17, 15) is 4.79 Å². The highest BCUT2D eigenvalue weighted by Crippen LogP contribution is 2.31. The minimum Gasteiger partial charge on any atom is -0.313 e. The van der Waals surface area contributed by atoms with Crippen molar-refractivity contribution >= 4 is 50.7 Å². The van der Waals surface area contributed by atoms with E-state index >= 15 is 0 Å². The van der Waals surface area contributed by atoms with E-state index in [-0.39, 0.29) is 12.1 Å². The molecule has 4 nitrogen and oxygen atoms in total.